The highest BCUT2D eigenvalue weighted by molar-refractivity contribution is 14.0. The number of guanidine groups is 1. The molecule has 1 unspecified atom stereocenters. The smallest absolute Gasteiger partial charge is 0.307 e. The molecule has 0 spiro atoms. The van der Waals surface area contributed by atoms with Gasteiger partial charge in [0.05, 0.1) is 20.1 Å². The summed E-state index contributed by atoms with van der Waals surface area (Å²) in [5.74, 6) is 1.43. The van der Waals surface area contributed by atoms with Gasteiger partial charge in [-0.2, -0.15) is 0 Å². The molecule has 0 saturated carbocycles. The number of halogens is 1. The average Bonchev–Trinajstić information content (AvgIpc) is 2.37. The maximum absolute atomic E-state index is 11.1. The standard InChI is InChI=1S/C13H25N3O2.HI/c1-4-14-13(15-8-7-12(17)18-3)16-9-5-6-11(2)10-16;/h11H,4-10H2,1-3H3,(H,14,15);1H. The summed E-state index contributed by atoms with van der Waals surface area (Å²) in [5.41, 5.74) is 0. The van der Waals surface area contributed by atoms with Crippen LogP contribution in [0.15, 0.2) is 4.99 Å². The molecule has 1 N–H and O–H groups in total. The van der Waals surface area contributed by atoms with E-state index < -0.39 is 0 Å². The number of methoxy groups -OCH3 is 1. The van der Waals surface area contributed by atoms with Crippen LogP contribution in [0.1, 0.15) is 33.1 Å². The van der Waals surface area contributed by atoms with E-state index >= 15 is 0 Å². The predicted octanol–water partition coefficient (Wildman–Crippen LogP) is 1.86. The highest BCUT2D eigenvalue weighted by Crippen LogP contribution is 2.15. The topological polar surface area (TPSA) is 53.9 Å². The van der Waals surface area contributed by atoms with Crippen LogP contribution in [0.25, 0.3) is 0 Å². The molecule has 0 amide bonds. The Labute approximate surface area is 133 Å². The molecule has 112 valence electrons. The van der Waals surface area contributed by atoms with Gasteiger partial charge in [-0.3, -0.25) is 9.79 Å². The van der Waals surface area contributed by atoms with Gasteiger partial charge >= 0.3 is 5.97 Å². The second-order valence-corrected chi connectivity index (χ2v) is 4.76. The maximum Gasteiger partial charge on any atom is 0.307 e. The highest BCUT2D eigenvalue weighted by atomic mass is 127. The van der Waals surface area contributed by atoms with E-state index in [9.17, 15) is 4.79 Å². The molecule has 0 bridgehead atoms. The highest BCUT2D eigenvalue weighted by Gasteiger charge is 2.18. The molecule has 1 fully saturated rings. The molecule has 5 nitrogen and oxygen atoms in total. The molecule has 1 saturated heterocycles. The van der Waals surface area contributed by atoms with Crippen LogP contribution >= 0.6 is 24.0 Å². The number of piperidine rings is 1. The van der Waals surface area contributed by atoms with Crippen molar-refractivity contribution in [3.63, 3.8) is 0 Å². The van der Waals surface area contributed by atoms with Crippen molar-refractivity contribution in [3.8, 4) is 0 Å². The van der Waals surface area contributed by atoms with Crippen molar-refractivity contribution in [2.45, 2.75) is 33.1 Å². The number of hydrogen-bond donors (Lipinski definition) is 1. The summed E-state index contributed by atoms with van der Waals surface area (Å²) in [7, 11) is 1.41. The van der Waals surface area contributed by atoms with Gasteiger partial charge in [-0.1, -0.05) is 6.92 Å². The zero-order valence-corrected chi connectivity index (χ0v) is 14.5. The molecule has 0 aliphatic carbocycles. The maximum atomic E-state index is 11.1. The van der Waals surface area contributed by atoms with Crippen LogP contribution < -0.4 is 5.32 Å². The monoisotopic (exact) mass is 383 g/mol. The second-order valence-electron chi connectivity index (χ2n) is 4.76. The Kier molecular flexibility index (Phi) is 9.99. The minimum Gasteiger partial charge on any atom is -0.469 e. The molecule has 19 heavy (non-hydrogen) atoms. The van der Waals surface area contributed by atoms with Crippen LogP contribution in [0.2, 0.25) is 0 Å². The van der Waals surface area contributed by atoms with Gasteiger partial charge in [0.2, 0.25) is 0 Å². The van der Waals surface area contributed by atoms with E-state index in [4.69, 9.17) is 0 Å². The van der Waals surface area contributed by atoms with Crippen molar-refractivity contribution in [1.82, 2.24) is 10.2 Å². The van der Waals surface area contributed by atoms with Gasteiger partial charge in [0.25, 0.3) is 0 Å². The lowest BCUT2D eigenvalue weighted by molar-refractivity contribution is -0.140. The number of likely N-dealkylation sites (tertiary alicyclic amines) is 1. The first kappa shape index (κ1) is 18.5. The Bertz CT molecular complexity index is 298. The molecule has 1 aliphatic heterocycles. The summed E-state index contributed by atoms with van der Waals surface area (Å²) >= 11 is 0. The largest absolute Gasteiger partial charge is 0.469 e. The van der Waals surface area contributed by atoms with Crippen molar-refractivity contribution in [2.24, 2.45) is 10.9 Å². The van der Waals surface area contributed by atoms with Crippen molar-refractivity contribution in [1.29, 1.82) is 0 Å². The molecule has 0 aromatic heterocycles. The number of nitrogens with one attached hydrogen (secondary N) is 1. The lowest BCUT2D eigenvalue weighted by Gasteiger charge is -2.33. The van der Waals surface area contributed by atoms with E-state index in [0.29, 0.717) is 18.9 Å². The zero-order valence-electron chi connectivity index (χ0n) is 12.1. The quantitative estimate of drug-likeness (QED) is 0.349. The van der Waals surface area contributed by atoms with Crippen molar-refractivity contribution in [2.75, 3.05) is 33.3 Å². The molecule has 1 heterocycles. The Hall–Kier alpha value is -0.530. The number of nitrogens with zero attached hydrogens (tertiary/aromatic N) is 2. The van der Waals surface area contributed by atoms with Crippen LogP contribution in [0.4, 0.5) is 0 Å². The normalized spacial score (nSPS) is 19.6. The van der Waals surface area contributed by atoms with Gasteiger partial charge in [0, 0.05) is 19.6 Å². The minimum atomic E-state index is -0.207. The summed E-state index contributed by atoms with van der Waals surface area (Å²) in [6.45, 7) is 7.76. The first-order chi connectivity index (χ1) is 8.67. The molecule has 0 aromatic carbocycles. The van der Waals surface area contributed by atoms with E-state index in [-0.39, 0.29) is 29.9 Å². The van der Waals surface area contributed by atoms with Crippen LogP contribution in [0, 0.1) is 5.92 Å². The van der Waals surface area contributed by atoms with Crippen LogP contribution in [-0.4, -0.2) is 50.1 Å². The predicted molar refractivity (Wildman–Crippen MR) is 88.0 cm³/mol. The Balaban J connectivity index is 0.00000324. The van der Waals surface area contributed by atoms with Gasteiger partial charge in [-0.15, -0.1) is 24.0 Å². The number of aliphatic imine (C=N–C) groups is 1. The molecular weight excluding hydrogens is 357 g/mol. The van der Waals surface area contributed by atoms with Crippen molar-refractivity contribution in [3.05, 3.63) is 0 Å². The Morgan fingerprint density at radius 2 is 2.26 bits per heavy atom. The molecule has 0 radical (unpaired) electrons. The summed E-state index contributed by atoms with van der Waals surface area (Å²) < 4.78 is 4.61. The van der Waals surface area contributed by atoms with Crippen LogP contribution in [-0.2, 0) is 9.53 Å². The summed E-state index contributed by atoms with van der Waals surface area (Å²) in [6, 6.07) is 0. The van der Waals surface area contributed by atoms with E-state index in [1.807, 2.05) is 0 Å². The van der Waals surface area contributed by atoms with Crippen LogP contribution in [0.3, 0.4) is 0 Å². The summed E-state index contributed by atoms with van der Waals surface area (Å²) in [5, 5.41) is 3.29. The van der Waals surface area contributed by atoms with E-state index in [1.165, 1.54) is 20.0 Å². The SMILES string of the molecule is CCNC(=NCCC(=O)OC)N1CCCC(C)C1.I. The number of rotatable bonds is 4. The lowest BCUT2D eigenvalue weighted by atomic mass is 10.0. The Morgan fingerprint density at radius 1 is 1.53 bits per heavy atom. The molecular formula is C13H26IN3O2. The zero-order chi connectivity index (χ0) is 13.4. The van der Waals surface area contributed by atoms with Gasteiger partial charge in [-0.25, -0.2) is 0 Å². The number of esters is 1. The number of hydrogen-bond acceptors (Lipinski definition) is 3. The average molecular weight is 383 g/mol. The molecule has 1 atom stereocenters. The van der Waals surface area contributed by atoms with Crippen molar-refractivity contribution >= 4 is 35.9 Å². The lowest BCUT2D eigenvalue weighted by Crippen LogP contribution is -2.46. The molecule has 6 heteroatoms. The van der Waals surface area contributed by atoms with Crippen LogP contribution in [0.5, 0.6) is 0 Å². The van der Waals surface area contributed by atoms with E-state index in [1.54, 1.807) is 0 Å². The number of carbonyl (C=O) groups excluding carboxylic acids is 1. The molecule has 1 rings (SSSR count). The third-order valence-electron chi connectivity index (χ3n) is 3.10. The van der Waals surface area contributed by atoms with Gasteiger partial charge in [0.15, 0.2) is 5.96 Å². The molecule has 1 aliphatic rings. The van der Waals surface area contributed by atoms with Crippen molar-refractivity contribution < 1.29 is 9.53 Å². The summed E-state index contributed by atoms with van der Waals surface area (Å²) in [4.78, 5) is 17.8. The summed E-state index contributed by atoms with van der Waals surface area (Å²) in [6.07, 6.45) is 2.84. The minimum absolute atomic E-state index is 0. The number of ether oxygens (including phenoxy) is 1. The number of carbonyl (C=O) groups is 1. The third kappa shape index (κ3) is 6.98. The first-order valence-electron chi connectivity index (χ1n) is 6.77. The van der Waals surface area contributed by atoms with E-state index in [2.05, 4.69) is 33.8 Å². The first-order valence-corrected chi connectivity index (χ1v) is 6.77. The second kappa shape index (κ2) is 10.3. The molecule has 0 aromatic rings. The Morgan fingerprint density at radius 3 is 2.84 bits per heavy atom. The fourth-order valence-electron chi connectivity index (χ4n) is 2.16. The van der Waals surface area contributed by atoms with Gasteiger partial charge in [0.1, 0.15) is 0 Å². The van der Waals surface area contributed by atoms with Gasteiger partial charge in [-0.05, 0) is 25.7 Å². The van der Waals surface area contributed by atoms with Gasteiger partial charge < -0.3 is 15.0 Å². The van der Waals surface area contributed by atoms with E-state index in [0.717, 1.165) is 25.6 Å². The fraction of sp³-hybridized carbons (Fsp3) is 0.846. The third-order valence-corrected chi connectivity index (χ3v) is 3.10. The fourth-order valence-corrected chi connectivity index (χ4v) is 2.16.